The van der Waals surface area contributed by atoms with Gasteiger partial charge in [-0.05, 0) is 165 Å². The number of hydrogen-bond acceptors (Lipinski definition) is 9. The molecule has 9 nitrogen and oxygen atoms in total. The third-order valence-electron chi connectivity index (χ3n) is 12.0. The number of carbonyl (C=O) groups excluding carboxylic acids is 3. The molecule has 0 spiro atoms. The van der Waals surface area contributed by atoms with E-state index in [1.54, 1.807) is 0 Å². The Labute approximate surface area is 317 Å². The number of nitrogens with two attached hydrogens (primary N) is 3. The number of nitrogen functional groups attached to an aromatic ring is 3. The molecule has 9 heteroatoms. The molecule has 0 aromatic heterocycles. The second kappa shape index (κ2) is 14.5. The average Bonchev–Trinajstić information content (AvgIpc) is 3.85. The first-order valence-electron chi connectivity index (χ1n) is 19.2. The van der Waals surface area contributed by atoms with E-state index in [9.17, 15) is 14.4 Å². The summed E-state index contributed by atoms with van der Waals surface area (Å²) in [5.41, 5.74) is 27.1. The highest BCUT2D eigenvalue weighted by atomic mass is 16.5. The number of hydrogen-bond donors (Lipinski definition) is 3. The van der Waals surface area contributed by atoms with Gasteiger partial charge < -0.3 is 31.4 Å². The first-order valence-corrected chi connectivity index (χ1v) is 19.2. The predicted molar refractivity (Wildman–Crippen MR) is 210 cm³/mol. The van der Waals surface area contributed by atoms with E-state index in [1.807, 2.05) is 93.6 Å². The summed E-state index contributed by atoms with van der Waals surface area (Å²) >= 11 is 0. The minimum Gasteiger partial charge on any atom is -0.466 e. The fourth-order valence-corrected chi connectivity index (χ4v) is 9.55. The quantitative estimate of drug-likeness (QED) is 0.0890. The zero-order valence-electron chi connectivity index (χ0n) is 31.6. The SMILES string of the molecule is CCOC(=O)C1(Cc2ccc(N)cc2)Cc2c3c(c4c(c2C1)CC(Cc1ccc(N)cc1)(C(=O)OCC)C4)CC(Cc1ccc(N)cc1)(C(=O)OCC)C3. The van der Waals surface area contributed by atoms with E-state index < -0.39 is 16.2 Å². The predicted octanol–water partition coefficient (Wildman–Crippen LogP) is 6.11. The van der Waals surface area contributed by atoms with Crippen molar-refractivity contribution in [3.63, 3.8) is 0 Å². The van der Waals surface area contributed by atoms with Crippen LogP contribution in [0.4, 0.5) is 17.1 Å². The molecule has 0 bridgehead atoms. The summed E-state index contributed by atoms with van der Waals surface area (Å²) in [5.74, 6) is -0.726. The number of benzene rings is 4. The van der Waals surface area contributed by atoms with E-state index in [1.165, 1.54) is 0 Å². The molecule has 3 aliphatic carbocycles. The van der Waals surface area contributed by atoms with Gasteiger partial charge in [0.1, 0.15) is 0 Å². The van der Waals surface area contributed by atoms with Gasteiger partial charge in [-0.2, -0.15) is 0 Å². The van der Waals surface area contributed by atoms with Crippen molar-refractivity contribution in [1.29, 1.82) is 0 Å². The van der Waals surface area contributed by atoms with Gasteiger partial charge in [0.25, 0.3) is 0 Å². The average molecular weight is 730 g/mol. The van der Waals surface area contributed by atoms with E-state index in [2.05, 4.69) is 0 Å². The van der Waals surface area contributed by atoms with Gasteiger partial charge in [-0.15, -0.1) is 0 Å². The molecule has 0 amide bonds. The molecule has 0 saturated carbocycles. The van der Waals surface area contributed by atoms with Crippen LogP contribution in [-0.4, -0.2) is 37.7 Å². The Morgan fingerprint density at radius 2 is 0.630 bits per heavy atom. The van der Waals surface area contributed by atoms with Gasteiger partial charge in [0.2, 0.25) is 0 Å². The fourth-order valence-electron chi connectivity index (χ4n) is 9.55. The first-order chi connectivity index (χ1) is 25.9. The maximum Gasteiger partial charge on any atom is 0.313 e. The molecule has 0 radical (unpaired) electrons. The van der Waals surface area contributed by atoms with Crippen molar-refractivity contribution in [2.75, 3.05) is 37.0 Å². The van der Waals surface area contributed by atoms with Crippen LogP contribution in [0.2, 0.25) is 0 Å². The van der Waals surface area contributed by atoms with Gasteiger partial charge in [-0.1, -0.05) is 36.4 Å². The smallest absolute Gasteiger partial charge is 0.313 e. The molecule has 0 fully saturated rings. The standard InChI is InChI=1S/C45H51N3O6/c1-4-52-40(49)43(19-28-7-13-31(46)14-8-28)22-34-35(23-43)37-25-45(42(51)54-6-3,21-30-11-17-33(48)18-12-30)27-39(37)38-26-44(24-36(34)38,41(50)53-5-2)20-29-9-15-32(47)16-10-29/h7-18H,4-6,19-27,46-48H2,1-3H3. The van der Waals surface area contributed by atoms with Crippen LogP contribution < -0.4 is 17.2 Å². The fraction of sp³-hybridized carbons (Fsp3) is 0.400. The van der Waals surface area contributed by atoms with Gasteiger partial charge in [-0.3, -0.25) is 14.4 Å². The Morgan fingerprint density at radius 1 is 0.426 bits per heavy atom. The first kappa shape index (κ1) is 37.0. The van der Waals surface area contributed by atoms with Crippen LogP contribution >= 0.6 is 0 Å². The lowest BCUT2D eigenvalue weighted by atomic mass is 9.77. The van der Waals surface area contributed by atoms with Crippen molar-refractivity contribution < 1.29 is 28.6 Å². The second-order valence-electron chi connectivity index (χ2n) is 15.7. The van der Waals surface area contributed by atoms with E-state index in [0.29, 0.717) is 74.8 Å². The number of carbonyl (C=O) groups is 3. The van der Waals surface area contributed by atoms with Gasteiger partial charge >= 0.3 is 17.9 Å². The molecule has 282 valence electrons. The largest absolute Gasteiger partial charge is 0.466 e. The van der Waals surface area contributed by atoms with Crippen LogP contribution in [-0.2, 0) is 86.4 Å². The molecule has 54 heavy (non-hydrogen) atoms. The lowest BCUT2D eigenvalue weighted by Gasteiger charge is -2.28. The van der Waals surface area contributed by atoms with Crippen molar-refractivity contribution >= 4 is 35.0 Å². The number of esters is 3. The Hall–Kier alpha value is -5.31. The van der Waals surface area contributed by atoms with E-state index in [4.69, 9.17) is 31.4 Å². The molecule has 3 aliphatic rings. The van der Waals surface area contributed by atoms with Crippen LogP contribution in [0.25, 0.3) is 0 Å². The highest BCUT2D eigenvalue weighted by Crippen LogP contribution is 2.56. The van der Waals surface area contributed by atoms with Crippen molar-refractivity contribution in [3.05, 3.63) is 123 Å². The van der Waals surface area contributed by atoms with Crippen molar-refractivity contribution in [2.24, 2.45) is 16.2 Å². The van der Waals surface area contributed by atoms with Gasteiger partial charge in [0.15, 0.2) is 0 Å². The van der Waals surface area contributed by atoms with Gasteiger partial charge in [0, 0.05) is 17.1 Å². The van der Waals surface area contributed by atoms with Crippen LogP contribution in [0.3, 0.4) is 0 Å². The topological polar surface area (TPSA) is 157 Å². The molecular formula is C45H51N3O6. The second-order valence-corrected chi connectivity index (χ2v) is 15.7. The molecule has 0 atom stereocenters. The summed E-state index contributed by atoms with van der Waals surface area (Å²) in [5, 5.41) is 0. The Bertz CT molecular complexity index is 1770. The van der Waals surface area contributed by atoms with Gasteiger partial charge in [0.05, 0.1) is 36.1 Å². The molecule has 4 aromatic rings. The number of fused-ring (bicyclic) bond motifs is 6. The number of ether oxygens (including phenoxy) is 3. The minimum atomic E-state index is -0.879. The molecule has 4 aromatic carbocycles. The molecule has 0 aliphatic heterocycles. The zero-order chi connectivity index (χ0) is 38.3. The summed E-state index contributed by atoms with van der Waals surface area (Å²) < 4.78 is 17.6. The van der Waals surface area contributed by atoms with E-state index in [-0.39, 0.29) is 37.7 Å². The van der Waals surface area contributed by atoms with Crippen molar-refractivity contribution in [1.82, 2.24) is 0 Å². The van der Waals surface area contributed by atoms with Crippen molar-refractivity contribution in [3.8, 4) is 0 Å². The maximum absolute atomic E-state index is 14.3. The van der Waals surface area contributed by atoms with E-state index >= 15 is 0 Å². The number of anilines is 3. The summed E-state index contributed by atoms with van der Waals surface area (Å²) in [7, 11) is 0. The zero-order valence-corrected chi connectivity index (χ0v) is 31.6. The van der Waals surface area contributed by atoms with Crippen LogP contribution in [0.1, 0.15) is 70.8 Å². The molecule has 0 saturated heterocycles. The molecule has 0 unspecified atom stereocenters. The monoisotopic (exact) mass is 729 g/mol. The highest BCUT2D eigenvalue weighted by molar-refractivity contribution is 5.85. The van der Waals surface area contributed by atoms with E-state index in [0.717, 1.165) is 50.1 Å². The lowest BCUT2D eigenvalue weighted by molar-refractivity contribution is -0.155. The Kier molecular flexibility index (Phi) is 9.94. The molecule has 7 rings (SSSR count). The lowest BCUT2D eigenvalue weighted by Crippen LogP contribution is -2.37. The number of rotatable bonds is 12. The third-order valence-corrected chi connectivity index (χ3v) is 12.0. The highest BCUT2D eigenvalue weighted by Gasteiger charge is 2.56. The van der Waals surface area contributed by atoms with Gasteiger partial charge in [-0.25, -0.2) is 0 Å². The summed E-state index contributed by atoms with van der Waals surface area (Å²) in [6, 6.07) is 23.0. The molecule has 6 N–H and O–H groups in total. The Morgan fingerprint density at radius 3 is 0.815 bits per heavy atom. The summed E-state index contributed by atoms with van der Waals surface area (Å²) in [4.78, 5) is 42.8. The summed E-state index contributed by atoms with van der Waals surface area (Å²) in [6.07, 6.45) is 4.18. The van der Waals surface area contributed by atoms with Crippen LogP contribution in [0, 0.1) is 16.2 Å². The van der Waals surface area contributed by atoms with Crippen LogP contribution in [0.15, 0.2) is 72.8 Å². The van der Waals surface area contributed by atoms with Crippen LogP contribution in [0.5, 0.6) is 0 Å². The Balaban J connectivity index is 1.40. The van der Waals surface area contributed by atoms with Crippen molar-refractivity contribution in [2.45, 2.75) is 78.6 Å². The maximum atomic E-state index is 14.3. The molecular weight excluding hydrogens is 679 g/mol. The third kappa shape index (κ3) is 6.69. The summed E-state index contributed by atoms with van der Waals surface area (Å²) in [6.45, 7) is 6.29. The molecule has 0 heterocycles. The minimum absolute atomic E-state index is 0.242. The normalized spacial score (nSPS) is 22.3.